The van der Waals surface area contributed by atoms with Crippen LogP contribution in [0.3, 0.4) is 0 Å². The highest BCUT2D eigenvalue weighted by Crippen LogP contribution is 2.17. The summed E-state index contributed by atoms with van der Waals surface area (Å²) in [6.07, 6.45) is 1.38. The SMILES string of the molecule is CN(C(=O)c1ccc(F)cc1)C(Cc1ccccc1)C(=O)Nc1ccc(S(=O)(=O)Cl)nc1. The summed E-state index contributed by atoms with van der Waals surface area (Å²) in [7, 11) is 2.75. The number of anilines is 1. The number of likely N-dealkylation sites (N-methyl/N-ethyl adjacent to an activating group) is 1. The number of carbonyl (C=O) groups is 2. The fourth-order valence-corrected chi connectivity index (χ4v) is 3.69. The minimum absolute atomic E-state index is 0.220. The van der Waals surface area contributed by atoms with E-state index in [1.165, 1.54) is 42.3 Å². The van der Waals surface area contributed by atoms with Gasteiger partial charge in [-0.1, -0.05) is 30.3 Å². The molecule has 0 saturated carbocycles. The molecule has 0 bridgehead atoms. The Morgan fingerprint density at radius 1 is 1.06 bits per heavy atom. The molecule has 1 N–H and O–H groups in total. The fraction of sp³-hybridized carbons (Fsp3) is 0.136. The summed E-state index contributed by atoms with van der Waals surface area (Å²) in [6, 6.07) is 15.8. The topological polar surface area (TPSA) is 96.4 Å². The van der Waals surface area contributed by atoms with Crippen LogP contribution in [0.15, 0.2) is 78.0 Å². The van der Waals surface area contributed by atoms with E-state index in [0.29, 0.717) is 0 Å². The number of hydrogen-bond donors (Lipinski definition) is 1. The number of benzene rings is 2. The van der Waals surface area contributed by atoms with Gasteiger partial charge in [-0.3, -0.25) is 9.59 Å². The Morgan fingerprint density at radius 3 is 2.28 bits per heavy atom. The highest BCUT2D eigenvalue weighted by atomic mass is 35.7. The van der Waals surface area contributed by atoms with Crippen molar-refractivity contribution in [2.24, 2.45) is 0 Å². The second-order valence-corrected chi connectivity index (χ2v) is 9.45. The zero-order chi connectivity index (χ0) is 23.3. The van der Waals surface area contributed by atoms with E-state index in [4.69, 9.17) is 10.7 Å². The smallest absolute Gasteiger partial charge is 0.278 e. The Bertz CT molecular complexity index is 1200. The number of rotatable bonds is 7. The molecule has 0 saturated heterocycles. The number of amides is 2. The lowest BCUT2D eigenvalue weighted by Crippen LogP contribution is -2.46. The van der Waals surface area contributed by atoms with E-state index >= 15 is 0 Å². The van der Waals surface area contributed by atoms with Crippen LogP contribution in [0, 0.1) is 5.82 Å². The van der Waals surface area contributed by atoms with Gasteiger partial charge in [-0.05, 0) is 42.0 Å². The number of nitrogens with one attached hydrogen (secondary N) is 1. The van der Waals surface area contributed by atoms with Gasteiger partial charge in [0.1, 0.15) is 11.9 Å². The monoisotopic (exact) mass is 475 g/mol. The zero-order valence-electron chi connectivity index (χ0n) is 16.9. The first-order valence-corrected chi connectivity index (χ1v) is 11.7. The van der Waals surface area contributed by atoms with E-state index in [-0.39, 0.29) is 22.7 Å². The third-order valence-electron chi connectivity index (χ3n) is 4.71. The normalized spacial score (nSPS) is 12.1. The van der Waals surface area contributed by atoms with Crippen LogP contribution >= 0.6 is 10.7 Å². The molecule has 0 fully saturated rings. The molecule has 3 rings (SSSR count). The third-order valence-corrected chi connectivity index (χ3v) is 5.92. The van der Waals surface area contributed by atoms with Crippen molar-refractivity contribution in [2.45, 2.75) is 17.5 Å². The Hall–Kier alpha value is -3.30. The molecule has 1 aromatic heterocycles. The third kappa shape index (κ3) is 5.89. The summed E-state index contributed by atoms with van der Waals surface area (Å²) >= 11 is 0. The minimum Gasteiger partial charge on any atom is -0.329 e. The summed E-state index contributed by atoms with van der Waals surface area (Å²) in [6.45, 7) is 0. The van der Waals surface area contributed by atoms with Gasteiger partial charge in [0.15, 0.2) is 5.03 Å². The van der Waals surface area contributed by atoms with Crippen LogP contribution in [-0.4, -0.2) is 43.2 Å². The van der Waals surface area contributed by atoms with Crippen molar-refractivity contribution in [3.8, 4) is 0 Å². The Morgan fingerprint density at radius 2 is 1.72 bits per heavy atom. The largest absolute Gasteiger partial charge is 0.329 e. The molecule has 1 heterocycles. The molecule has 166 valence electrons. The Balaban J connectivity index is 1.85. The standard InChI is InChI=1S/C22H19ClFN3O4S/c1-27(22(29)16-7-9-17(24)10-8-16)19(13-15-5-3-2-4-6-15)21(28)26-18-11-12-20(25-14-18)32(23,30)31/h2-12,14,19H,13H2,1H3,(H,26,28). The predicted molar refractivity (Wildman–Crippen MR) is 118 cm³/mol. The number of carbonyl (C=O) groups excluding carboxylic acids is 2. The van der Waals surface area contributed by atoms with Crippen LogP contribution in [0.2, 0.25) is 0 Å². The molecule has 0 radical (unpaired) electrons. The van der Waals surface area contributed by atoms with Crippen molar-refractivity contribution in [3.05, 3.63) is 89.9 Å². The lowest BCUT2D eigenvalue weighted by molar-refractivity contribution is -0.120. The second-order valence-electron chi connectivity index (χ2n) is 6.94. The molecule has 7 nitrogen and oxygen atoms in total. The molecule has 0 aliphatic carbocycles. The van der Waals surface area contributed by atoms with Crippen molar-refractivity contribution in [1.82, 2.24) is 9.88 Å². The molecule has 2 amide bonds. The van der Waals surface area contributed by atoms with Gasteiger partial charge in [0.25, 0.3) is 15.0 Å². The summed E-state index contributed by atoms with van der Waals surface area (Å²) in [4.78, 5) is 31.0. The van der Waals surface area contributed by atoms with Gasteiger partial charge < -0.3 is 10.2 Å². The summed E-state index contributed by atoms with van der Waals surface area (Å²) < 4.78 is 35.9. The van der Waals surface area contributed by atoms with Gasteiger partial charge in [-0.15, -0.1) is 0 Å². The average Bonchev–Trinajstić information content (AvgIpc) is 2.77. The molecular formula is C22H19ClFN3O4S. The summed E-state index contributed by atoms with van der Waals surface area (Å²) in [5.74, 6) is -1.43. The number of pyridine rings is 1. The first kappa shape index (κ1) is 23.4. The van der Waals surface area contributed by atoms with Gasteiger partial charge in [0.2, 0.25) is 5.91 Å². The van der Waals surface area contributed by atoms with Crippen molar-refractivity contribution in [1.29, 1.82) is 0 Å². The second kappa shape index (κ2) is 9.88. The molecule has 1 unspecified atom stereocenters. The minimum atomic E-state index is -3.99. The van der Waals surface area contributed by atoms with Gasteiger partial charge in [-0.25, -0.2) is 17.8 Å². The molecule has 0 spiro atoms. The number of nitrogens with zero attached hydrogens (tertiary/aromatic N) is 2. The van der Waals surface area contributed by atoms with Crippen molar-refractivity contribution in [3.63, 3.8) is 0 Å². The van der Waals surface area contributed by atoms with Crippen LogP contribution in [0.4, 0.5) is 10.1 Å². The molecular weight excluding hydrogens is 457 g/mol. The van der Waals surface area contributed by atoms with Crippen LogP contribution in [-0.2, 0) is 20.3 Å². The Kier molecular flexibility index (Phi) is 7.22. The van der Waals surface area contributed by atoms with Crippen LogP contribution in [0.1, 0.15) is 15.9 Å². The molecule has 10 heteroatoms. The lowest BCUT2D eigenvalue weighted by Gasteiger charge is -2.27. The van der Waals surface area contributed by atoms with E-state index in [0.717, 1.165) is 17.8 Å². The molecule has 0 aliphatic heterocycles. The van der Waals surface area contributed by atoms with E-state index < -0.39 is 32.7 Å². The van der Waals surface area contributed by atoms with E-state index in [1.807, 2.05) is 30.3 Å². The van der Waals surface area contributed by atoms with Crippen molar-refractivity contribution in [2.75, 3.05) is 12.4 Å². The van der Waals surface area contributed by atoms with Crippen LogP contribution < -0.4 is 5.32 Å². The maximum absolute atomic E-state index is 13.2. The maximum Gasteiger partial charge on any atom is 0.278 e. The molecule has 2 aromatic carbocycles. The van der Waals surface area contributed by atoms with Crippen molar-refractivity contribution < 1.29 is 22.4 Å². The van der Waals surface area contributed by atoms with E-state index in [1.54, 1.807) is 0 Å². The number of aromatic nitrogens is 1. The molecule has 32 heavy (non-hydrogen) atoms. The molecule has 3 aromatic rings. The Labute approximate surface area is 189 Å². The van der Waals surface area contributed by atoms with E-state index in [9.17, 15) is 22.4 Å². The average molecular weight is 476 g/mol. The number of hydrogen-bond acceptors (Lipinski definition) is 5. The van der Waals surface area contributed by atoms with Gasteiger partial charge in [-0.2, -0.15) is 0 Å². The van der Waals surface area contributed by atoms with E-state index in [2.05, 4.69) is 10.3 Å². The molecule has 0 aliphatic rings. The van der Waals surface area contributed by atoms with Crippen molar-refractivity contribution >= 4 is 37.2 Å². The quantitative estimate of drug-likeness (QED) is 0.528. The predicted octanol–water partition coefficient (Wildman–Crippen LogP) is 3.47. The zero-order valence-corrected chi connectivity index (χ0v) is 18.5. The van der Waals surface area contributed by atoms with Crippen LogP contribution in [0.25, 0.3) is 0 Å². The van der Waals surface area contributed by atoms with Gasteiger partial charge in [0.05, 0.1) is 11.9 Å². The van der Waals surface area contributed by atoms with Gasteiger partial charge in [0, 0.05) is 29.7 Å². The first-order valence-electron chi connectivity index (χ1n) is 9.43. The maximum atomic E-state index is 13.2. The fourth-order valence-electron chi connectivity index (χ4n) is 3.00. The first-order chi connectivity index (χ1) is 15.1. The highest BCUT2D eigenvalue weighted by molar-refractivity contribution is 8.13. The molecule has 1 atom stereocenters. The summed E-state index contributed by atoms with van der Waals surface area (Å²) in [5, 5.41) is 2.30. The van der Waals surface area contributed by atoms with Gasteiger partial charge >= 0.3 is 0 Å². The highest BCUT2D eigenvalue weighted by Gasteiger charge is 2.28. The lowest BCUT2D eigenvalue weighted by atomic mass is 10.0. The van der Waals surface area contributed by atoms with Crippen LogP contribution in [0.5, 0.6) is 0 Å². The summed E-state index contributed by atoms with van der Waals surface area (Å²) in [5.41, 5.74) is 1.30. The number of halogens is 2.